The summed E-state index contributed by atoms with van der Waals surface area (Å²) in [4.78, 5) is 13.9. The number of sulfonamides is 1. The fourth-order valence-electron chi connectivity index (χ4n) is 2.75. The van der Waals surface area contributed by atoms with E-state index in [0.717, 1.165) is 5.69 Å². The van der Waals surface area contributed by atoms with E-state index < -0.39 is 10.0 Å². The van der Waals surface area contributed by atoms with Gasteiger partial charge in [-0.15, -0.1) is 0 Å². The quantitative estimate of drug-likeness (QED) is 0.545. The summed E-state index contributed by atoms with van der Waals surface area (Å²) in [6.07, 6.45) is 0. The molecule has 7 nitrogen and oxygen atoms in total. The third-order valence-corrected chi connectivity index (χ3v) is 5.83. The van der Waals surface area contributed by atoms with Crippen LogP contribution in [0, 0.1) is 0 Å². The molecule has 0 saturated carbocycles. The van der Waals surface area contributed by atoms with Crippen molar-refractivity contribution in [2.45, 2.75) is 11.8 Å². The van der Waals surface area contributed by atoms with Crippen LogP contribution in [0.4, 0.5) is 11.4 Å². The molecule has 0 aliphatic carbocycles. The lowest BCUT2D eigenvalue weighted by Crippen LogP contribution is -2.31. The zero-order chi connectivity index (χ0) is 22.3. The predicted octanol–water partition coefficient (Wildman–Crippen LogP) is 3.93. The van der Waals surface area contributed by atoms with Crippen LogP contribution in [0.25, 0.3) is 0 Å². The summed E-state index contributed by atoms with van der Waals surface area (Å²) in [5, 5.41) is 0. The Kier molecular flexibility index (Phi) is 7.15. The van der Waals surface area contributed by atoms with E-state index in [1.165, 1.54) is 29.2 Å². The minimum Gasteiger partial charge on any atom is -0.494 e. The van der Waals surface area contributed by atoms with Gasteiger partial charge in [-0.1, -0.05) is 18.2 Å². The van der Waals surface area contributed by atoms with Gasteiger partial charge in [-0.25, -0.2) is 8.42 Å². The van der Waals surface area contributed by atoms with Crippen LogP contribution in [0.5, 0.6) is 11.5 Å². The number of hydrogen-bond acceptors (Lipinski definition) is 5. The van der Waals surface area contributed by atoms with E-state index in [-0.39, 0.29) is 17.4 Å². The molecule has 162 valence electrons. The largest absolute Gasteiger partial charge is 0.494 e. The first-order valence-corrected chi connectivity index (χ1v) is 11.2. The number of ether oxygens (including phenoxy) is 2. The van der Waals surface area contributed by atoms with Crippen molar-refractivity contribution in [3.63, 3.8) is 0 Å². The zero-order valence-electron chi connectivity index (χ0n) is 17.3. The van der Waals surface area contributed by atoms with Crippen LogP contribution in [-0.2, 0) is 14.8 Å². The number of anilines is 2. The van der Waals surface area contributed by atoms with Crippen molar-refractivity contribution in [2.75, 3.05) is 29.9 Å². The molecular weight excluding hydrogens is 416 g/mol. The van der Waals surface area contributed by atoms with Gasteiger partial charge in [-0.05, 0) is 67.6 Å². The molecule has 0 aromatic heterocycles. The summed E-state index contributed by atoms with van der Waals surface area (Å²) >= 11 is 0. The van der Waals surface area contributed by atoms with Crippen molar-refractivity contribution < 1.29 is 22.7 Å². The molecule has 31 heavy (non-hydrogen) atoms. The molecule has 0 spiro atoms. The first-order valence-electron chi connectivity index (χ1n) is 9.69. The van der Waals surface area contributed by atoms with Crippen LogP contribution < -0.4 is 19.1 Å². The summed E-state index contributed by atoms with van der Waals surface area (Å²) in [7, 11) is -2.09. The molecule has 0 saturated heterocycles. The third kappa shape index (κ3) is 5.99. The second kappa shape index (κ2) is 9.99. The van der Waals surface area contributed by atoms with E-state index in [4.69, 9.17) is 9.47 Å². The van der Waals surface area contributed by atoms with Crippen molar-refractivity contribution >= 4 is 27.3 Å². The fraction of sp³-hybridized carbons (Fsp3) is 0.174. The van der Waals surface area contributed by atoms with E-state index in [1.807, 2.05) is 37.3 Å². The highest BCUT2D eigenvalue weighted by Crippen LogP contribution is 2.21. The number of amides is 1. The highest BCUT2D eigenvalue weighted by molar-refractivity contribution is 7.92. The molecule has 0 bridgehead atoms. The molecule has 0 atom stereocenters. The maximum atomic E-state index is 12.6. The smallest absolute Gasteiger partial charge is 0.264 e. The molecule has 3 rings (SSSR count). The Hall–Kier alpha value is -3.52. The monoisotopic (exact) mass is 440 g/mol. The molecule has 0 heterocycles. The highest BCUT2D eigenvalue weighted by Gasteiger charge is 2.15. The predicted molar refractivity (Wildman–Crippen MR) is 120 cm³/mol. The number of nitrogens with one attached hydrogen (secondary N) is 1. The van der Waals surface area contributed by atoms with Gasteiger partial charge in [0.15, 0.2) is 6.61 Å². The maximum Gasteiger partial charge on any atom is 0.264 e. The van der Waals surface area contributed by atoms with Gasteiger partial charge in [0.25, 0.3) is 15.9 Å². The van der Waals surface area contributed by atoms with Crippen molar-refractivity contribution in [3.8, 4) is 11.5 Å². The zero-order valence-corrected chi connectivity index (χ0v) is 18.1. The summed E-state index contributed by atoms with van der Waals surface area (Å²) in [6.45, 7) is 2.25. The third-order valence-electron chi connectivity index (χ3n) is 4.43. The van der Waals surface area contributed by atoms with Gasteiger partial charge < -0.3 is 14.4 Å². The Morgan fingerprint density at radius 3 is 2.06 bits per heavy atom. The SMILES string of the molecule is CCOc1ccc(NS(=O)(=O)c2ccc(OCC(=O)N(C)c3ccccc3)cc2)cc1. The van der Waals surface area contributed by atoms with Gasteiger partial charge >= 0.3 is 0 Å². The van der Waals surface area contributed by atoms with Gasteiger partial charge in [0.1, 0.15) is 11.5 Å². The molecule has 3 aromatic rings. The summed E-state index contributed by atoms with van der Waals surface area (Å²) in [5.74, 6) is 0.842. The summed E-state index contributed by atoms with van der Waals surface area (Å²) in [5.41, 5.74) is 1.19. The molecule has 0 fully saturated rings. The van der Waals surface area contributed by atoms with Crippen LogP contribution in [0.1, 0.15) is 6.92 Å². The molecule has 0 radical (unpaired) electrons. The average Bonchev–Trinajstić information content (AvgIpc) is 2.79. The lowest BCUT2D eigenvalue weighted by atomic mass is 10.3. The number of carbonyl (C=O) groups is 1. The Labute approximate surface area is 182 Å². The molecule has 0 aliphatic rings. The number of likely N-dealkylation sites (N-methyl/N-ethyl adjacent to an activating group) is 1. The maximum absolute atomic E-state index is 12.6. The highest BCUT2D eigenvalue weighted by atomic mass is 32.2. The van der Waals surface area contributed by atoms with Gasteiger partial charge in [-0.3, -0.25) is 9.52 Å². The van der Waals surface area contributed by atoms with E-state index in [2.05, 4.69) is 4.72 Å². The van der Waals surface area contributed by atoms with Crippen LogP contribution in [0.3, 0.4) is 0 Å². The van der Waals surface area contributed by atoms with Gasteiger partial charge in [0.2, 0.25) is 0 Å². The summed E-state index contributed by atoms with van der Waals surface area (Å²) in [6, 6.07) is 21.8. The van der Waals surface area contributed by atoms with Crippen molar-refractivity contribution in [1.29, 1.82) is 0 Å². The minimum atomic E-state index is -3.76. The molecule has 1 N–H and O–H groups in total. The lowest BCUT2D eigenvalue weighted by Gasteiger charge is -2.17. The van der Waals surface area contributed by atoms with Crippen LogP contribution >= 0.6 is 0 Å². The van der Waals surface area contributed by atoms with Crippen molar-refractivity contribution in [1.82, 2.24) is 0 Å². The number of carbonyl (C=O) groups excluding carboxylic acids is 1. The van der Waals surface area contributed by atoms with Gasteiger partial charge in [-0.2, -0.15) is 0 Å². The second-order valence-electron chi connectivity index (χ2n) is 6.61. The topological polar surface area (TPSA) is 84.9 Å². The average molecular weight is 441 g/mol. The normalized spacial score (nSPS) is 10.9. The van der Waals surface area contributed by atoms with Crippen LogP contribution in [0.15, 0.2) is 83.8 Å². The first-order chi connectivity index (χ1) is 14.9. The molecule has 0 unspecified atom stereocenters. The number of nitrogens with zero attached hydrogens (tertiary/aromatic N) is 1. The van der Waals surface area contributed by atoms with Crippen LogP contribution in [0.2, 0.25) is 0 Å². The van der Waals surface area contributed by atoms with E-state index in [9.17, 15) is 13.2 Å². The van der Waals surface area contributed by atoms with Gasteiger partial charge in [0.05, 0.1) is 11.5 Å². The van der Waals surface area contributed by atoms with Crippen molar-refractivity contribution in [3.05, 3.63) is 78.9 Å². The summed E-state index contributed by atoms with van der Waals surface area (Å²) < 4.78 is 38.6. The Morgan fingerprint density at radius 1 is 0.871 bits per heavy atom. The van der Waals surface area contributed by atoms with E-state index in [0.29, 0.717) is 23.8 Å². The Morgan fingerprint density at radius 2 is 1.45 bits per heavy atom. The van der Waals surface area contributed by atoms with Gasteiger partial charge in [0, 0.05) is 18.4 Å². The molecular formula is C23H24N2O5S. The number of benzene rings is 3. The number of hydrogen-bond donors (Lipinski definition) is 1. The fourth-order valence-corrected chi connectivity index (χ4v) is 3.81. The Balaban J connectivity index is 1.59. The number of para-hydroxylation sites is 1. The molecule has 3 aromatic carbocycles. The molecule has 1 amide bonds. The lowest BCUT2D eigenvalue weighted by molar-refractivity contribution is -0.120. The second-order valence-corrected chi connectivity index (χ2v) is 8.29. The molecule has 8 heteroatoms. The Bertz CT molecular complexity index is 1100. The molecule has 0 aliphatic heterocycles. The number of rotatable bonds is 9. The minimum absolute atomic E-state index is 0.0847. The van der Waals surface area contributed by atoms with Crippen molar-refractivity contribution in [2.24, 2.45) is 0 Å². The van der Waals surface area contributed by atoms with E-state index in [1.54, 1.807) is 31.3 Å². The first kappa shape index (κ1) is 22.2. The standard InChI is InChI=1S/C23H24N2O5S/c1-3-29-20-11-9-18(10-12-20)24-31(27,28)22-15-13-21(14-16-22)30-17-23(26)25(2)19-7-5-4-6-8-19/h4-16,24H,3,17H2,1-2H3. The van der Waals surface area contributed by atoms with Crippen LogP contribution in [-0.4, -0.2) is 34.6 Å². The van der Waals surface area contributed by atoms with E-state index >= 15 is 0 Å².